The highest BCUT2D eigenvalue weighted by atomic mass is 15.1. The van der Waals surface area contributed by atoms with Crippen molar-refractivity contribution in [1.29, 1.82) is 0 Å². The van der Waals surface area contributed by atoms with E-state index in [0.717, 1.165) is 24.9 Å². The Labute approximate surface area is 135 Å². The molecule has 120 valence electrons. The van der Waals surface area contributed by atoms with E-state index in [4.69, 9.17) is 5.73 Å². The van der Waals surface area contributed by atoms with Crippen molar-refractivity contribution in [2.45, 2.75) is 64.0 Å². The van der Waals surface area contributed by atoms with Crippen LogP contribution < -0.4 is 5.73 Å². The highest BCUT2D eigenvalue weighted by Gasteiger charge is 2.31. The molecule has 0 radical (unpaired) electrons. The number of nitrogens with zero attached hydrogens (tertiary/aromatic N) is 1. The fraction of sp³-hybridized carbons (Fsp3) is 0.700. The molecule has 1 aromatic carbocycles. The van der Waals surface area contributed by atoms with Crippen LogP contribution in [0, 0.1) is 11.8 Å². The molecule has 1 aliphatic heterocycles. The van der Waals surface area contributed by atoms with E-state index < -0.39 is 0 Å². The molecule has 2 unspecified atom stereocenters. The standard InChI is InChI=1S/C20H30N2/c21-20-11-17(9-15-5-6-15)13-22(14-20)12-16-7-8-18-3-1-2-4-19(18)10-16/h7-8,10,15,17,20H,1-6,9,11-14,21H2. The SMILES string of the molecule is NC1CC(CC2CC2)CN(Cc2ccc3c(c2)CCCC3)C1. The molecule has 0 bridgehead atoms. The Bertz CT molecular complexity index is 518. The molecule has 2 fully saturated rings. The van der Waals surface area contributed by atoms with Gasteiger partial charge in [-0.25, -0.2) is 0 Å². The van der Waals surface area contributed by atoms with Crippen LogP contribution in [0.1, 0.15) is 55.2 Å². The zero-order chi connectivity index (χ0) is 14.9. The van der Waals surface area contributed by atoms with E-state index in [0.29, 0.717) is 6.04 Å². The van der Waals surface area contributed by atoms with Crippen LogP contribution in [-0.2, 0) is 19.4 Å². The number of piperidine rings is 1. The molecule has 1 aromatic rings. The Hall–Kier alpha value is -0.860. The molecule has 1 heterocycles. The van der Waals surface area contributed by atoms with Crippen molar-refractivity contribution in [2.24, 2.45) is 17.6 Å². The first kappa shape index (κ1) is 14.7. The van der Waals surface area contributed by atoms with Crippen LogP contribution in [0.5, 0.6) is 0 Å². The lowest BCUT2D eigenvalue weighted by Crippen LogP contribution is -2.46. The lowest BCUT2D eigenvalue weighted by atomic mass is 9.88. The van der Waals surface area contributed by atoms with Gasteiger partial charge in [-0.05, 0) is 67.1 Å². The summed E-state index contributed by atoms with van der Waals surface area (Å²) in [4.78, 5) is 2.62. The van der Waals surface area contributed by atoms with Crippen molar-refractivity contribution < 1.29 is 0 Å². The summed E-state index contributed by atoms with van der Waals surface area (Å²) >= 11 is 0. The quantitative estimate of drug-likeness (QED) is 0.921. The lowest BCUT2D eigenvalue weighted by molar-refractivity contribution is 0.141. The molecule has 2 aliphatic carbocycles. The molecule has 2 N–H and O–H groups in total. The summed E-state index contributed by atoms with van der Waals surface area (Å²) in [6.07, 6.45) is 10.9. The molecular weight excluding hydrogens is 268 g/mol. The van der Waals surface area contributed by atoms with Crippen LogP contribution in [0.15, 0.2) is 18.2 Å². The number of fused-ring (bicyclic) bond motifs is 1. The first-order valence-electron chi connectivity index (χ1n) is 9.35. The minimum atomic E-state index is 0.384. The second-order valence-electron chi connectivity index (χ2n) is 8.05. The van der Waals surface area contributed by atoms with Gasteiger partial charge in [0, 0.05) is 25.7 Å². The highest BCUT2D eigenvalue weighted by molar-refractivity contribution is 5.33. The minimum Gasteiger partial charge on any atom is -0.327 e. The van der Waals surface area contributed by atoms with Crippen LogP contribution in [0.2, 0.25) is 0 Å². The highest BCUT2D eigenvalue weighted by Crippen LogP contribution is 2.37. The van der Waals surface area contributed by atoms with E-state index in [-0.39, 0.29) is 0 Å². The second kappa shape index (κ2) is 6.33. The number of benzene rings is 1. The Balaban J connectivity index is 1.40. The number of rotatable bonds is 4. The summed E-state index contributed by atoms with van der Waals surface area (Å²) in [6, 6.07) is 7.61. The smallest absolute Gasteiger partial charge is 0.0234 e. The van der Waals surface area contributed by atoms with Crippen molar-refractivity contribution in [3.8, 4) is 0 Å². The summed E-state index contributed by atoms with van der Waals surface area (Å²) in [5, 5.41) is 0. The molecule has 0 aromatic heterocycles. The molecule has 2 heteroatoms. The lowest BCUT2D eigenvalue weighted by Gasteiger charge is -2.36. The Morgan fingerprint density at radius 3 is 2.64 bits per heavy atom. The number of likely N-dealkylation sites (tertiary alicyclic amines) is 1. The van der Waals surface area contributed by atoms with Crippen LogP contribution in [0.3, 0.4) is 0 Å². The van der Waals surface area contributed by atoms with E-state index in [9.17, 15) is 0 Å². The van der Waals surface area contributed by atoms with Crippen LogP contribution >= 0.6 is 0 Å². The number of nitrogens with two attached hydrogens (primary N) is 1. The van der Waals surface area contributed by atoms with Gasteiger partial charge in [0.15, 0.2) is 0 Å². The molecule has 0 spiro atoms. The Kier molecular flexibility index (Phi) is 4.23. The van der Waals surface area contributed by atoms with E-state index >= 15 is 0 Å². The minimum absolute atomic E-state index is 0.384. The average Bonchev–Trinajstić information content (AvgIpc) is 3.30. The van der Waals surface area contributed by atoms with Gasteiger partial charge in [0.2, 0.25) is 0 Å². The van der Waals surface area contributed by atoms with Gasteiger partial charge >= 0.3 is 0 Å². The van der Waals surface area contributed by atoms with Crippen LogP contribution in [-0.4, -0.2) is 24.0 Å². The van der Waals surface area contributed by atoms with Gasteiger partial charge in [-0.1, -0.05) is 31.0 Å². The fourth-order valence-electron chi connectivity index (χ4n) is 4.62. The largest absolute Gasteiger partial charge is 0.327 e. The average molecular weight is 298 g/mol. The van der Waals surface area contributed by atoms with Crippen molar-refractivity contribution in [3.05, 3.63) is 34.9 Å². The summed E-state index contributed by atoms with van der Waals surface area (Å²) in [6.45, 7) is 3.45. The Morgan fingerprint density at radius 1 is 1.00 bits per heavy atom. The molecule has 0 amide bonds. The summed E-state index contributed by atoms with van der Waals surface area (Å²) in [7, 11) is 0. The molecule has 22 heavy (non-hydrogen) atoms. The molecule has 1 saturated heterocycles. The topological polar surface area (TPSA) is 29.3 Å². The Morgan fingerprint density at radius 2 is 1.82 bits per heavy atom. The van der Waals surface area contributed by atoms with Gasteiger partial charge in [-0.3, -0.25) is 4.90 Å². The van der Waals surface area contributed by atoms with Gasteiger partial charge in [-0.2, -0.15) is 0 Å². The number of aryl methyl sites for hydroxylation is 2. The third kappa shape index (κ3) is 3.55. The normalized spacial score (nSPS) is 29.3. The fourth-order valence-corrected chi connectivity index (χ4v) is 4.62. The maximum atomic E-state index is 6.33. The van der Waals surface area contributed by atoms with Gasteiger partial charge in [0.25, 0.3) is 0 Å². The van der Waals surface area contributed by atoms with Crippen molar-refractivity contribution in [3.63, 3.8) is 0 Å². The molecular formula is C20H30N2. The molecule has 3 aliphatic rings. The first-order chi connectivity index (χ1) is 10.8. The summed E-state index contributed by atoms with van der Waals surface area (Å²) in [5.74, 6) is 1.87. The summed E-state index contributed by atoms with van der Waals surface area (Å²) in [5.41, 5.74) is 11.0. The maximum absolute atomic E-state index is 6.33. The van der Waals surface area contributed by atoms with Gasteiger partial charge in [-0.15, -0.1) is 0 Å². The third-order valence-corrected chi connectivity index (χ3v) is 5.83. The monoisotopic (exact) mass is 298 g/mol. The second-order valence-corrected chi connectivity index (χ2v) is 8.05. The molecule has 2 atom stereocenters. The number of hydrogen-bond donors (Lipinski definition) is 1. The summed E-state index contributed by atoms with van der Waals surface area (Å²) < 4.78 is 0. The molecule has 2 nitrogen and oxygen atoms in total. The van der Waals surface area contributed by atoms with Crippen molar-refractivity contribution in [2.75, 3.05) is 13.1 Å². The van der Waals surface area contributed by atoms with Gasteiger partial charge in [0.1, 0.15) is 0 Å². The van der Waals surface area contributed by atoms with Crippen LogP contribution in [0.4, 0.5) is 0 Å². The van der Waals surface area contributed by atoms with Gasteiger partial charge < -0.3 is 5.73 Å². The zero-order valence-electron chi connectivity index (χ0n) is 13.8. The van der Waals surface area contributed by atoms with Crippen molar-refractivity contribution >= 4 is 0 Å². The molecule has 1 saturated carbocycles. The van der Waals surface area contributed by atoms with E-state index in [1.807, 2.05) is 0 Å². The van der Waals surface area contributed by atoms with Crippen LogP contribution in [0.25, 0.3) is 0 Å². The van der Waals surface area contributed by atoms with E-state index in [1.165, 1.54) is 63.5 Å². The third-order valence-electron chi connectivity index (χ3n) is 5.83. The van der Waals surface area contributed by atoms with E-state index in [2.05, 4.69) is 23.1 Å². The zero-order valence-corrected chi connectivity index (χ0v) is 13.8. The number of hydrogen-bond acceptors (Lipinski definition) is 2. The van der Waals surface area contributed by atoms with E-state index in [1.54, 1.807) is 11.1 Å². The predicted octanol–water partition coefficient (Wildman–Crippen LogP) is 3.51. The maximum Gasteiger partial charge on any atom is 0.0234 e. The molecule has 4 rings (SSSR count). The predicted molar refractivity (Wildman–Crippen MR) is 91.8 cm³/mol. The van der Waals surface area contributed by atoms with Crippen molar-refractivity contribution in [1.82, 2.24) is 4.90 Å². The first-order valence-corrected chi connectivity index (χ1v) is 9.35. The van der Waals surface area contributed by atoms with Gasteiger partial charge in [0.05, 0.1) is 0 Å².